The lowest BCUT2D eigenvalue weighted by atomic mass is 10.1. The smallest absolute Gasteiger partial charge is 0.257 e. The maximum absolute atomic E-state index is 13.7. The Labute approximate surface area is 119 Å². The number of nitrogens with zero attached hydrogens (tertiary/aromatic N) is 1. The molecule has 0 spiro atoms. The molecule has 104 valence electrons. The Morgan fingerprint density at radius 2 is 2.10 bits per heavy atom. The van der Waals surface area contributed by atoms with Crippen LogP contribution in [-0.4, -0.2) is 16.8 Å². The lowest BCUT2D eigenvalue weighted by Crippen LogP contribution is -2.33. The normalized spacial score (nSPS) is 14.3. The zero-order valence-corrected chi connectivity index (χ0v) is 11.5. The van der Waals surface area contributed by atoms with Crippen LogP contribution in [0.15, 0.2) is 35.0 Å². The van der Waals surface area contributed by atoms with E-state index in [-0.39, 0.29) is 17.5 Å². The number of carbonyl (C=O) groups is 1. The zero-order chi connectivity index (χ0) is 14.1. The molecule has 0 aliphatic heterocycles. The number of halogens is 2. The van der Waals surface area contributed by atoms with E-state index in [4.69, 9.17) is 0 Å². The zero-order valence-electron chi connectivity index (χ0n) is 10.7. The number of hydrogen-bond acceptors (Lipinski definition) is 2. The van der Waals surface area contributed by atoms with Gasteiger partial charge in [0.05, 0.1) is 5.56 Å². The van der Waals surface area contributed by atoms with Crippen molar-refractivity contribution in [3.8, 4) is 0 Å². The van der Waals surface area contributed by atoms with Gasteiger partial charge >= 0.3 is 0 Å². The molecule has 0 unspecified atom stereocenters. The molecule has 1 aliphatic carbocycles. The van der Waals surface area contributed by atoms with Gasteiger partial charge in [0.15, 0.2) is 0 Å². The fourth-order valence-electron chi connectivity index (χ4n) is 2.15. The van der Waals surface area contributed by atoms with E-state index in [2.05, 4.69) is 0 Å². The monoisotopic (exact) mass is 293 g/mol. The highest BCUT2D eigenvalue weighted by Crippen LogP contribution is 2.30. The SMILES string of the molecule is O=C(c1ccc(F)cc1F)N(Cc1ccsc1)C1CC1. The van der Waals surface area contributed by atoms with Crippen molar-refractivity contribution in [2.75, 3.05) is 0 Å². The van der Waals surface area contributed by atoms with E-state index >= 15 is 0 Å². The maximum atomic E-state index is 13.7. The van der Waals surface area contributed by atoms with Gasteiger partial charge in [0.2, 0.25) is 0 Å². The summed E-state index contributed by atoms with van der Waals surface area (Å²) < 4.78 is 26.7. The quantitative estimate of drug-likeness (QED) is 0.839. The second-order valence-electron chi connectivity index (χ2n) is 4.92. The first-order valence-electron chi connectivity index (χ1n) is 6.42. The Balaban J connectivity index is 1.85. The molecule has 0 N–H and O–H groups in total. The summed E-state index contributed by atoms with van der Waals surface area (Å²) >= 11 is 1.56. The van der Waals surface area contributed by atoms with Crippen molar-refractivity contribution in [1.29, 1.82) is 0 Å². The summed E-state index contributed by atoms with van der Waals surface area (Å²) in [5, 5.41) is 3.92. The molecule has 1 saturated carbocycles. The summed E-state index contributed by atoms with van der Waals surface area (Å²) in [6.07, 6.45) is 1.89. The summed E-state index contributed by atoms with van der Waals surface area (Å²) in [7, 11) is 0. The minimum atomic E-state index is -0.800. The van der Waals surface area contributed by atoms with Gasteiger partial charge in [-0.05, 0) is 47.4 Å². The van der Waals surface area contributed by atoms with E-state index in [1.807, 2.05) is 16.8 Å². The molecule has 0 radical (unpaired) electrons. The summed E-state index contributed by atoms with van der Waals surface area (Å²) in [4.78, 5) is 14.1. The molecule has 5 heteroatoms. The maximum Gasteiger partial charge on any atom is 0.257 e. The summed E-state index contributed by atoms with van der Waals surface area (Å²) in [5.41, 5.74) is 0.978. The Bertz CT molecular complexity index is 623. The number of thiophene rings is 1. The van der Waals surface area contributed by atoms with Crippen molar-refractivity contribution in [3.63, 3.8) is 0 Å². The fraction of sp³-hybridized carbons (Fsp3) is 0.267. The molecule has 20 heavy (non-hydrogen) atoms. The largest absolute Gasteiger partial charge is 0.331 e. The van der Waals surface area contributed by atoms with E-state index in [0.29, 0.717) is 6.54 Å². The number of hydrogen-bond donors (Lipinski definition) is 0. The van der Waals surface area contributed by atoms with E-state index < -0.39 is 11.6 Å². The van der Waals surface area contributed by atoms with Crippen molar-refractivity contribution in [2.24, 2.45) is 0 Å². The predicted molar refractivity (Wildman–Crippen MR) is 73.6 cm³/mol. The van der Waals surface area contributed by atoms with Crippen LogP contribution in [0.25, 0.3) is 0 Å². The number of carbonyl (C=O) groups excluding carboxylic acids is 1. The van der Waals surface area contributed by atoms with Gasteiger partial charge in [-0.2, -0.15) is 11.3 Å². The Kier molecular flexibility index (Phi) is 3.53. The third kappa shape index (κ3) is 2.72. The first-order valence-corrected chi connectivity index (χ1v) is 7.36. The first kappa shape index (κ1) is 13.2. The van der Waals surface area contributed by atoms with Crippen LogP contribution < -0.4 is 0 Å². The molecule has 1 fully saturated rings. The highest BCUT2D eigenvalue weighted by molar-refractivity contribution is 7.07. The summed E-state index contributed by atoms with van der Waals surface area (Å²) in [6.45, 7) is 0.476. The molecule has 1 aromatic carbocycles. The molecular formula is C15H13F2NOS. The number of rotatable bonds is 4. The van der Waals surface area contributed by atoms with Gasteiger partial charge < -0.3 is 4.90 Å². The average Bonchev–Trinajstić information content (AvgIpc) is 3.12. The molecule has 2 nitrogen and oxygen atoms in total. The second-order valence-corrected chi connectivity index (χ2v) is 5.70. The van der Waals surface area contributed by atoms with E-state index in [9.17, 15) is 13.6 Å². The van der Waals surface area contributed by atoms with Crippen LogP contribution in [0.5, 0.6) is 0 Å². The van der Waals surface area contributed by atoms with Crippen molar-refractivity contribution < 1.29 is 13.6 Å². The standard InChI is InChI=1S/C15H13F2NOS/c16-11-1-4-13(14(17)7-11)15(19)18(12-2-3-12)8-10-5-6-20-9-10/h1,4-7,9,12H,2-3,8H2. The Morgan fingerprint density at radius 1 is 1.30 bits per heavy atom. The van der Waals surface area contributed by atoms with Gasteiger partial charge in [0.1, 0.15) is 11.6 Å². The van der Waals surface area contributed by atoms with E-state index in [1.165, 1.54) is 6.07 Å². The third-order valence-corrected chi connectivity index (χ3v) is 4.08. The van der Waals surface area contributed by atoms with Gasteiger partial charge in [-0.1, -0.05) is 0 Å². The molecule has 0 bridgehead atoms. The topological polar surface area (TPSA) is 20.3 Å². The molecule has 3 rings (SSSR count). The van der Waals surface area contributed by atoms with Gasteiger partial charge in [0, 0.05) is 18.7 Å². The highest BCUT2D eigenvalue weighted by atomic mass is 32.1. The van der Waals surface area contributed by atoms with Crippen LogP contribution in [0.3, 0.4) is 0 Å². The fourth-order valence-corrected chi connectivity index (χ4v) is 2.81. The predicted octanol–water partition coefficient (Wildman–Crippen LogP) is 3.83. The van der Waals surface area contributed by atoms with Crippen LogP contribution in [0.2, 0.25) is 0 Å². The van der Waals surface area contributed by atoms with Crippen molar-refractivity contribution in [1.82, 2.24) is 4.90 Å². The molecule has 2 aromatic rings. The lowest BCUT2D eigenvalue weighted by molar-refractivity contribution is 0.0725. The summed E-state index contributed by atoms with van der Waals surface area (Å²) in [5.74, 6) is -1.84. The molecule has 0 saturated heterocycles. The molecule has 1 heterocycles. The molecule has 1 amide bonds. The van der Waals surface area contributed by atoms with E-state index in [0.717, 1.165) is 30.5 Å². The summed E-state index contributed by atoms with van der Waals surface area (Å²) in [6, 6.07) is 5.21. The minimum Gasteiger partial charge on any atom is -0.331 e. The molecular weight excluding hydrogens is 280 g/mol. The van der Waals surface area contributed by atoms with Gasteiger partial charge in [0.25, 0.3) is 5.91 Å². The Hall–Kier alpha value is -1.75. The van der Waals surface area contributed by atoms with E-state index in [1.54, 1.807) is 16.2 Å². The number of benzene rings is 1. The molecule has 1 aromatic heterocycles. The lowest BCUT2D eigenvalue weighted by Gasteiger charge is -2.22. The minimum absolute atomic E-state index is 0.0615. The van der Waals surface area contributed by atoms with Gasteiger partial charge in [-0.15, -0.1) is 0 Å². The third-order valence-electron chi connectivity index (χ3n) is 3.34. The average molecular weight is 293 g/mol. The van der Waals surface area contributed by atoms with Crippen LogP contribution in [-0.2, 0) is 6.54 Å². The number of amides is 1. The van der Waals surface area contributed by atoms with Gasteiger partial charge in [-0.25, -0.2) is 8.78 Å². The first-order chi connectivity index (χ1) is 9.65. The van der Waals surface area contributed by atoms with Crippen molar-refractivity contribution in [2.45, 2.75) is 25.4 Å². The molecule has 1 aliphatic rings. The van der Waals surface area contributed by atoms with Crippen molar-refractivity contribution >= 4 is 17.2 Å². The second kappa shape index (κ2) is 5.32. The Morgan fingerprint density at radius 3 is 2.70 bits per heavy atom. The molecule has 0 atom stereocenters. The van der Waals surface area contributed by atoms with Crippen LogP contribution in [0.1, 0.15) is 28.8 Å². The van der Waals surface area contributed by atoms with Crippen LogP contribution in [0, 0.1) is 11.6 Å². The van der Waals surface area contributed by atoms with Crippen LogP contribution >= 0.6 is 11.3 Å². The van der Waals surface area contributed by atoms with Crippen molar-refractivity contribution in [3.05, 3.63) is 57.8 Å². The van der Waals surface area contributed by atoms with Crippen LogP contribution in [0.4, 0.5) is 8.78 Å². The highest BCUT2D eigenvalue weighted by Gasteiger charge is 2.34. The van der Waals surface area contributed by atoms with Gasteiger partial charge in [-0.3, -0.25) is 4.79 Å².